The number of urea groups is 1. The van der Waals surface area contributed by atoms with E-state index >= 15 is 0 Å². The smallest absolute Gasteiger partial charge is 0.321 e. The van der Waals surface area contributed by atoms with Gasteiger partial charge in [0.2, 0.25) is 5.91 Å². The zero-order chi connectivity index (χ0) is 24.7. The van der Waals surface area contributed by atoms with Gasteiger partial charge in [0, 0.05) is 25.2 Å². The van der Waals surface area contributed by atoms with Crippen LogP contribution < -0.4 is 0 Å². The van der Waals surface area contributed by atoms with Gasteiger partial charge >= 0.3 is 6.03 Å². The molecule has 5 rings (SSSR count). The van der Waals surface area contributed by atoms with Crippen LogP contribution in [0.1, 0.15) is 50.5 Å². The lowest BCUT2D eigenvalue weighted by Crippen LogP contribution is -2.59. The Morgan fingerprint density at radius 3 is 2.26 bits per heavy atom. The van der Waals surface area contributed by atoms with Gasteiger partial charge in [-0.15, -0.1) is 0 Å². The normalized spacial score (nSPS) is 30.7. The Balaban J connectivity index is 1.37. The maximum Gasteiger partial charge on any atom is 0.321 e. The Morgan fingerprint density at radius 2 is 1.69 bits per heavy atom. The van der Waals surface area contributed by atoms with Gasteiger partial charge in [-0.25, -0.2) is 4.79 Å². The third-order valence-electron chi connectivity index (χ3n) is 9.16. The molecule has 2 aliphatic heterocycles. The number of carbonyl (C=O) groups excluding carboxylic acids is 2. The predicted octanol–water partition coefficient (Wildman–Crippen LogP) is 2.27. The van der Waals surface area contributed by atoms with Crippen molar-refractivity contribution in [2.45, 2.75) is 61.6 Å². The summed E-state index contributed by atoms with van der Waals surface area (Å²) in [5.41, 5.74) is 0.100. The molecule has 1 aromatic carbocycles. The number of benzene rings is 1. The number of morpholine rings is 1. The highest BCUT2D eigenvalue weighted by molar-refractivity contribution is 5.86. The molecule has 1 aromatic rings. The highest BCUT2D eigenvalue weighted by Crippen LogP contribution is 2.50. The van der Waals surface area contributed by atoms with Crippen molar-refractivity contribution in [3.8, 4) is 0 Å². The van der Waals surface area contributed by atoms with E-state index in [1.165, 1.54) is 5.56 Å². The second-order valence-electron chi connectivity index (χ2n) is 11.3. The summed E-state index contributed by atoms with van der Waals surface area (Å²) in [7, 11) is 4.29. The first-order valence-electron chi connectivity index (χ1n) is 13.1. The van der Waals surface area contributed by atoms with Crippen molar-refractivity contribution < 1.29 is 19.4 Å². The van der Waals surface area contributed by atoms with Crippen LogP contribution in [-0.2, 0) is 15.1 Å². The van der Waals surface area contributed by atoms with E-state index < -0.39 is 5.60 Å². The van der Waals surface area contributed by atoms with Gasteiger partial charge in [0.15, 0.2) is 0 Å². The SMILES string of the molecule is CN(C)C1(c2ccccc2)CCC2(CC1)CN(CC(=O)N1CCOCC1)C(=O)N2CC1(O)CCC1. The average Bonchev–Trinajstić information content (AvgIpc) is 3.09. The Labute approximate surface area is 208 Å². The molecule has 3 amide bonds. The molecule has 4 aliphatic rings. The lowest BCUT2D eigenvalue weighted by atomic mass is 9.67. The maximum atomic E-state index is 13.7. The van der Waals surface area contributed by atoms with Crippen LogP contribution in [0, 0.1) is 0 Å². The molecule has 0 unspecified atom stereocenters. The molecule has 8 nitrogen and oxygen atoms in total. The largest absolute Gasteiger partial charge is 0.388 e. The van der Waals surface area contributed by atoms with Crippen LogP contribution in [-0.4, -0.2) is 108 Å². The fourth-order valence-electron chi connectivity index (χ4n) is 6.65. The van der Waals surface area contributed by atoms with E-state index in [0.29, 0.717) is 39.4 Å². The number of rotatable bonds is 6. The molecule has 1 N–H and O–H groups in total. The molecule has 4 fully saturated rings. The minimum absolute atomic E-state index is 0.0104. The fraction of sp³-hybridized carbons (Fsp3) is 0.704. The number of carbonyl (C=O) groups is 2. The van der Waals surface area contributed by atoms with Gasteiger partial charge in [-0.05, 0) is 64.6 Å². The summed E-state index contributed by atoms with van der Waals surface area (Å²) in [6.07, 6.45) is 6.04. The van der Waals surface area contributed by atoms with Crippen molar-refractivity contribution in [1.82, 2.24) is 19.6 Å². The van der Waals surface area contributed by atoms with Crippen LogP contribution in [0.2, 0.25) is 0 Å². The number of amides is 3. The van der Waals surface area contributed by atoms with E-state index in [0.717, 1.165) is 44.9 Å². The topological polar surface area (TPSA) is 76.6 Å². The number of hydrogen-bond donors (Lipinski definition) is 1. The summed E-state index contributed by atoms with van der Waals surface area (Å²) >= 11 is 0. The molecule has 0 bridgehead atoms. The van der Waals surface area contributed by atoms with Gasteiger partial charge in [0.1, 0.15) is 6.54 Å². The van der Waals surface area contributed by atoms with E-state index in [9.17, 15) is 14.7 Å². The molecule has 2 saturated heterocycles. The lowest BCUT2D eigenvalue weighted by molar-refractivity contribution is -0.135. The van der Waals surface area contributed by atoms with Crippen molar-refractivity contribution in [2.24, 2.45) is 0 Å². The first-order chi connectivity index (χ1) is 16.8. The van der Waals surface area contributed by atoms with Gasteiger partial charge in [0.05, 0.1) is 30.9 Å². The molecular formula is C27H40N4O4. The third kappa shape index (κ3) is 4.45. The first-order valence-corrected chi connectivity index (χ1v) is 13.1. The van der Waals surface area contributed by atoms with Crippen LogP contribution in [0.5, 0.6) is 0 Å². The Kier molecular flexibility index (Phi) is 6.57. The molecule has 0 radical (unpaired) electrons. The van der Waals surface area contributed by atoms with Gasteiger partial charge in [-0.1, -0.05) is 30.3 Å². The van der Waals surface area contributed by atoms with Gasteiger partial charge < -0.3 is 24.5 Å². The summed E-state index contributed by atoms with van der Waals surface area (Å²) in [6.45, 7) is 3.29. The zero-order valence-corrected chi connectivity index (χ0v) is 21.2. The molecule has 35 heavy (non-hydrogen) atoms. The molecule has 0 atom stereocenters. The minimum atomic E-state index is -0.789. The summed E-state index contributed by atoms with van der Waals surface area (Å²) in [4.78, 5) is 34.5. The fourth-order valence-corrected chi connectivity index (χ4v) is 6.65. The number of β-amino-alcohol motifs (C(OH)–C–C–N with tert-alkyl or cyclic N) is 1. The summed E-state index contributed by atoms with van der Waals surface area (Å²) in [6, 6.07) is 10.6. The van der Waals surface area contributed by atoms with Crippen LogP contribution in [0.15, 0.2) is 30.3 Å². The van der Waals surface area contributed by atoms with E-state index in [4.69, 9.17) is 4.74 Å². The monoisotopic (exact) mass is 484 g/mol. The summed E-state index contributed by atoms with van der Waals surface area (Å²) in [5.74, 6) is -0.0104. The lowest BCUT2D eigenvalue weighted by Gasteiger charge is -2.52. The Bertz CT molecular complexity index is 918. The van der Waals surface area contributed by atoms with Crippen molar-refractivity contribution in [3.63, 3.8) is 0 Å². The van der Waals surface area contributed by atoms with Crippen LogP contribution >= 0.6 is 0 Å². The van der Waals surface area contributed by atoms with E-state index in [-0.39, 0.29) is 29.6 Å². The Hall–Kier alpha value is -2.16. The molecule has 2 saturated carbocycles. The molecule has 8 heteroatoms. The highest BCUT2D eigenvalue weighted by atomic mass is 16.5. The number of ether oxygens (including phenoxy) is 1. The van der Waals surface area contributed by atoms with Gasteiger partial charge in [0.25, 0.3) is 0 Å². The molecule has 2 aliphatic carbocycles. The molecular weight excluding hydrogens is 444 g/mol. The highest BCUT2D eigenvalue weighted by Gasteiger charge is 2.56. The van der Waals surface area contributed by atoms with E-state index in [1.807, 2.05) is 4.90 Å². The molecule has 0 aromatic heterocycles. The summed E-state index contributed by atoms with van der Waals surface area (Å²) in [5, 5.41) is 11.0. The second-order valence-corrected chi connectivity index (χ2v) is 11.3. The Morgan fingerprint density at radius 1 is 1.03 bits per heavy atom. The van der Waals surface area contributed by atoms with Crippen molar-refractivity contribution in [2.75, 3.05) is 60.0 Å². The van der Waals surface area contributed by atoms with Crippen molar-refractivity contribution in [3.05, 3.63) is 35.9 Å². The molecule has 192 valence electrons. The predicted molar refractivity (Wildman–Crippen MR) is 133 cm³/mol. The van der Waals surface area contributed by atoms with Crippen LogP contribution in [0.4, 0.5) is 4.79 Å². The molecule has 1 spiro atoms. The van der Waals surface area contributed by atoms with Crippen LogP contribution in [0.3, 0.4) is 0 Å². The maximum absolute atomic E-state index is 13.7. The quantitative estimate of drug-likeness (QED) is 0.671. The third-order valence-corrected chi connectivity index (χ3v) is 9.16. The number of aliphatic hydroxyl groups is 1. The molecule has 2 heterocycles. The first kappa shape index (κ1) is 24.5. The average molecular weight is 485 g/mol. The van der Waals surface area contributed by atoms with Gasteiger partial charge in [-0.2, -0.15) is 0 Å². The van der Waals surface area contributed by atoms with Crippen LogP contribution in [0.25, 0.3) is 0 Å². The zero-order valence-electron chi connectivity index (χ0n) is 21.2. The van der Waals surface area contributed by atoms with E-state index in [2.05, 4.69) is 49.3 Å². The van der Waals surface area contributed by atoms with Gasteiger partial charge in [-0.3, -0.25) is 9.69 Å². The minimum Gasteiger partial charge on any atom is -0.388 e. The summed E-state index contributed by atoms with van der Waals surface area (Å²) < 4.78 is 5.38. The van der Waals surface area contributed by atoms with E-state index in [1.54, 1.807) is 9.80 Å². The second kappa shape index (κ2) is 9.37. The number of nitrogens with zero attached hydrogens (tertiary/aromatic N) is 4. The van der Waals surface area contributed by atoms with Crippen molar-refractivity contribution >= 4 is 11.9 Å². The standard InChI is InChI=1S/C27H40N4O4/c1-28(2)27(22-7-4-3-5-8-22)13-11-25(12-14-27)20-30(19-23(32)29-15-17-35-18-16-29)24(33)31(25)21-26(34)9-6-10-26/h3-5,7-8,34H,6,9-21H2,1-2H3. The van der Waals surface area contributed by atoms with Crippen molar-refractivity contribution in [1.29, 1.82) is 0 Å². The number of hydrogen-bond acceptors (Lipinski definition) is 5.